The quantitative estimate of drug-likeness (QED) is 0.234. The fraction of sp³-hybridized carbons (Fsp3) is 0.320. The second-order valence-electron chi connectivity index (χ2n) is 8.64. The van der Waals surface area contributed by atoms with Crippen LogP contribution < -0.4 is 0 Å². The van der Waals surface area contributed by atoms with Crippen molar-refractivity contribution in [1.82, 2.24) is 0 Å². The van der Waals surface area contributed by atoms with Crippen LogP contribution in [0.15, 0.2) is 76.1 Å². The monoisotopic (exact) mass is 408 g/mol. The summed E-state index contributed by atoms with van der Waals surface area (Å²) in [5.41, 5.74) is 1.80. The van der Waals surface area contributed by atoms with Gasteiger partial charge < -0.3 is 9.15 Å². The number of furan rings is 1. The molecule has 0 spiro atoms. The normalized spacial score (nSPS) is 12.2. The third-order valence-electron chi connectivity index (χ3n) is 4.53. The van der Waals surface area contributed by atoms with Crippen molar-refractivity contribution in [2.45, 2.75) is 56.3 Å². The predicted molar refractivity (Wildman–Crippen MR) is 121 cm³/mol. The van der Waals surface area contributed by atoms with Crippen molar-refractivity contribution < 1.29 is 13.9 Å². The number of thioether (sulfide) groups is 1. The Morgan fingerprint density at radius 3 is 2.34 bits per heavy atom. The van der Waals surface area contributed by atoms with Crippen LogP contribution in [-0.4, -0.2) is 16.3 Å². The van der Waals surface area contributed by atoms with Gasteiger partial charge in [-0.1, -0.05) is 50.8 Å². The molecule has 1 aromatic heterocycles. The minimum Gasteiger partial charge on any atom is -0.456 e. The molecule has 0 aliphatic heterocycles. The zero-order valence-corrected chi connectivity index (χ0v) is 18.6. The SMILES string of the molecule is C=C(C)C(=O)OC(C)(C)CC(C)(C)Sc1ccc(-c2cc3ccccc3o2)cc1. The number of carbonyl (C=O) groups is 1. The molecule has 2 aromatic carbocycles. The predicted octanol–water partition coefficient (Wildman–Crippen LogP) is 7.26. The lowest BCUT2D eigenvalue weighted by Gasteiger charge is -2.34. The highest BCUT2D eigenvalue weighted by Gasteiger charge is 2.32. The van der Waals surface area contributed by atoms with Crippen LogP contribution in [0.4, 0.5) is 0 Å². The van der Waals surface area contributed by atoms with Crippen LogP contribution in [0.25, 0.3) is 22.3 Å². The van der Waals surface area contributed by atoms with Gasteiger partial charge in [-0.2, -0.15) is 0 Å². The molecule has 0 atom stereocenters. The van der Waals surface area contributed by atoms with Gasteiger partial charge >= 0.3 is 5.97 Å². The van der Waals surface area contributed by atoms with E-state index in [-0.39, 0.29) is 10.7 Å². The number of para-hydroxylation sites is 1. The summed E-state index contributed by atoms with van der Waals surface area (Å²) in [6, 6.07) is 18.5. The molecule has 0 aliphatic carbocycles. The molecule has 0 radical (unpaired) electrons. The lowest BCUT2D eigenvalue weighted by Crippen LogP contribution is -2.35. The summed E-state index contributed by atoms with van der Waals surface area (Å²) in [4.78, 5) is 13.1. The fourth-order valence-corrected chi connectivity index (χ4v) is 4.90. The summed E-state index contributed by atoms with van der Waals surface area (Å²) < 4.78 is 11.5. The molecule has 152 valence electrons. The van der Waals surface area contributed by atoms with E-state index in [9.17, 15) is 4.79 Å². The standard InChI is InChI=1S/C25H28O3S/c1-17(2)23(26)28-24(3,4)16-25(5,6)29-20-13-11-18(12-14-20)22-15-19-9-7-8-10-21(19)27-22/h7-15H,1,16H2,2-6H3. The van der Waals surface area contributed by atoms with Gasteiger partial charge in [0.05, 0.1) is 0 Å². The molecule has 1 heterocycles. The molecular weight excluding hydrogens is 380 g/mol. The average molecular weight is 409 g/mol. The van der Waals surface area contributed by atoms with Crippen molar-refractivity contribution in [3.8, 4) is 11.3 Å². The van der Waals surface area contributed by atoms with E-state index in [1.807, 2.05) is 32.0 Å². The number of rotatable bonds is 7. The maximum atomic E-state index is 11.9. The Labute approximate surface area is 177 Å². The Kier molecular flexibility index (Phi) is 5.95. The van der Waals surface area contributed by atoms with Gasteiger partial charge in [0.2, 0.25) is 0 Å². The first-order valence-corrected chi connectivity index (χ1v) is 10.5. The molecular formula is C25H28O3S. The maximum absolute atomic E-state index is 11.9. The summed E-state index contributed by atoms with van der Waals surface area (Å²) in [7, 11) is 0. The topological polar surface area (TPSA) is 39.4 Å². The van der Waals surface area contributed by atoms with Crippen LogP contribution in [-0.2, 0) is 9.53 Å². The molecule has 0 fully saturated rings. The Bertz CT molecular complexity index is 993. The largest absolute Gasteiger partial charge is 0.456 e. The van der Waals surface area contributed by atoms with Gasteiger partial charge in [-0.3, -0.25) is 0 Å². The Morgan fingerprint density at radius 1 is 1.07 bits per heavy atom. The van der Waals surface area contributed by atoms with Crippen molar-refractivity contribution in [3.05, 3.63) is 66.7 Å². The Balaban J connectivity index is 1.69. The van der Waals surface area contributed by atoms with E-state index in [2.05, 4.69) is 56.8 Å². The first-order chi connectivity index (χ1) is 13.5. The van der Waals surface area contributed by atoms with Gasteiger partial charge in [0.25, 0.3) is 0 Å². The van der Waals surface area contributed by atoms with E-state index < -0.39 is 5.60 Å². The third-order valence-corrected chi connectivity index (χ3v) is 5.73. The van der Waals surface area contributed by atoms with E-state index in [0.29, 0.717) is 5.57 Å². The van der Waals surface area contributed by atoms with Crippen LogP contribution in [0.5, 0.6) is 0 Å². The first-order valence-electron chi connectivity index (χ1n) is 9.72. The number of carbonyl (C=O) groups excluding carboxylic acids is 1. The molecule has 0 N–H and O–H groups in total. The van der Waals surface area contributed by atoms with Gasteiger partial charge in [-0.25, -0.2) is 4.79 Å². The highest BCUT2D eigenvalue weighted by molar-refractivity contribution is 8.00. The van der Waals surface area contributed by atoms with Crippen molar-refractivity contribution in [3.63, 3.8) is 0 Å². The van der Waals surface area contributed by atoms with Crippen molar-refractivity contribution in [2.75, 3.05) is 0 Å². The molecule has 3 nitrogen and oxygen atoms in total. The van der Waals surface area contributed by atoms with Crippen LogP contribution in [0.1, 0.15) is 41.0 Å². The van der Waals surface area contributed by atoms with Gasteiger partial charge in [0.1, 0.15) is 16.9 Å². The molecule has 29 heavy (non-hydrogen) atoms. The number of benzene rings is 2. The molecule has 4 heteroatoms. The van der Waals surface area contributed by atoms with E-state index in [1.165, 1.54) is 0 Å². The zero-order chi connectivity index (χ0) is 21.2. The minimum absolute atomic E-state index is 0.111. The summed E-state index contributed by atoms with van der Waals surface area (Å²) >= 11 is 1.77. The zero-order valence-electron chi connectivity index (χ0n) is 17.7. The van der Waals surface area contributed by atoms with E-state index in [1.54, 1.807) is 18.7 Å². The van der Waals surface area contributed by atoms with Gasteiger partial charge in [-0.15, -0.1) is 11.8 Å². The summed E-state index contributed by atoms with van der Waals surface area (Å²) in [6.45, 7) is 13.6. The average Bonchev–Trinajstić information content (AvgIpc) is 3.04. The lowest BCUT2D eigenvalue weighted by atomic mass is 9.95. The smallest absolute Gasteiger partial charge is 0.333 e. The molecule has 0 saturated heterocycles. The molecule has 3 aromatic rings. The first kappa shape index (κ1) is 21.3. The maximum Gasteiger partial charge on any atom is 0.333 e. The molecule has 0 aliphatic rings. The number of ether oxygens (including phenoxy) is 1. The third kappa shape index (κ3) is 5.54. The highest BCUT2D eigenvalue weighted by Crippen LogP contribution is 2.40. The molecule has 0 amide bonds. The second-order valence-corrected chi connectivity index (χ2v) is 10.4. The van der Waals surface area contributed by atoms with Crippen molar-refractivity contribution >= 4 is 28.7 Å². The summed E-state index contributed by atoms with van der Waals surface area (Å²) in [5, 5.41) is 1.11. The Hall–Kier alpha value is -2.46. The number of esters is 1. The van der Waals surface area contributed by atoms with Crippen molar-refractivity contribution in [1.29, 1.82) is 0 Å². The van der Waals surface area contributed by atoms with Gasteiger partial charge in [-0.05, 0) is 45.0 Å². The van der Waals surface area contributed by atoms with Crippen molar-refractivity contribution in [2.24, 2.45) is 0 Å². The van der Waals surface area contributed by atoms with Crippen LogP contribution >= 0.6 is 11.8 Å². The molecule has 0 saturated carbocycles. The minimum atomic E-state index is -0.569. The second kappa shape index (κ2) is 8.11. The molecule has 0 bridgehead atoms. The number of hydrogen-bond acceptors (Lipinski definition) is 4. The molecule has 0 unspecified atom stereocenters. The molecule has 3 rings (SSSR count). The van der Waals surface area contributed by atoms with Crippen LogP contribution in [0.3, 0.4) is 0 Å². The fourth-order valence-electron chi connectivity index (χ4n) is 3.57. The Morgan fingerprint density at radius 2 is 1.72 bits per heavy atom. The van der Waals surface area contributed by atoms with E-state index in [4.69, 9.17) is 9.15 Å². The summed E-state index contributed by atoms with van der Waals surface area (Å²) in [6.07, 6.45) is 0.717. The lowest BCUT2D eigenvalue weighted by molar-refractivity contribution is -0.152. The van der Waals surface area contributed by atoms with Gasteiger partial charge in [0.15, 0.2) is 0 Å². The van der Waals surface area contributed by atoms with Crippen LogP contribution in [0.2, 0.25) is 0 Å². The van der Waals surface area contributed by atoms with E-state index in [0.717, 1.165) is 33.6 Å². The van der Waals surface area contributed by atoms with Gasteiger partial charge in [0, 0.05) is 32.6 Å². The summed E-state index contributed by atoms with van der Waals surface area (Å²) in [5.74, 6) is 0.529. The van der Waals surface area contributed by atoms with E-state index >= 15 is 0 Å². The number of fused-ring (bicyclic) bond motifs is 1. The van der Waals surface area contributed by atoms with Crippen LogP contribution in [0, 0.1) is 0 Å². The highest BCUT2D eigenvalue weighted by atomic mass is 32.2. The number of hydrogen-bond donors (Lipinski definition) is 0.